The van der Waals surface area contributed by atoms with Gasteiger partial charge in [0.1, 0.15) is 5.75 Å². The zero-order valence-corrected chi connectivity index (χ0v) is 18.4. The Kier molecular flexibility index (Phi) is 5.73. The minimum Gasteiger partial charge on any atom is -0.493 e. The van der Waals surface area contributed by atoms with Gasteiger partial charge in [-0.05, 0) is 65.6 Å². The lowest BCUT2D eigenvalue weighted by Gasteiger charge is -2.09. The Bertz CT molecular complexity index is 1310. The van der Waals surface area contributed by atoms with Gasteiger partial charge in [0, 0.05) is 35.6 Å². The van der Waals surface area contributed by atoms with E-state index < -0.39 is 0 Å². The third kappa shape index (κ3) is 4.70. The fourth-order valence-corrected chi connectivity index (χ4v) is 3.92. The van der Waals surface area contributed by atoms with E-state index in [4.69, 9.17) is 4.74 Å². The molecular weight excluding hydrogens is 408 g/mol. The highest BCUT2D eigenvalue weighted by atomic mass is 16.5. The smallest absolute Gasteiger partial charge is 0.251 e. The van der Waals surface area contributed by atoms with Crippen molar-refractivity contribution < 1.29 is 9.53 Å². The highest BCUT2D eigenvalue weighted by Crippen LogP contribution is 2.31. The van der Waals surface area contributed by atoms with Gasteiger partial charge in [0.2, 0.25) is 0 Å². The Morgan fingerprint density at radius 3 is 2.36 bits per heavy atom. The molecule has 33 heavy (non-hydrogen) atoms. The van der Waals surface area contributed by atoms with Crippen molar-refractivity contribution in [2.75, 3.05) is 11.9 Å². The number of ether oxygens (including phenoxy) is 1. The molecule has 3 aromatic carbocycles. The predicted octanol–water partition coefficient (Wildman–Crippen LogP) is 6.53. The number of amides is 1. The number of fused-ring (bicyclic) bond motifs is 1. The molecule has 4 heteroatoms. The van der Waals surface area contributed by atoms with Crippen LogP contribution in [-0.2, 0) is 4.79 Å². The van der Waals surface area contributed by atoms with E-state index in [1.54, 1.807) is 6.20 Å². The Labute approximate surface area is 193 Å². The molecule has 0 saturated heterocycles. The van der Waals surface area contributed by atoms with Gasteiger partial charge in [-0.25, -0.2) is 0 Å². The van der Waals surface area contributed by atoms with Crippen LogP contribution in [0.3, 0.4) is 0 Å². The van der Waals surface area contributed by atoms with Gasteiger partial charge in [-0.2, -0.15) is 0 Å². The molecule has 1 aliphatic rings. The molecular formula is C29H24N2O2. The molecule has 5 rings (SSSR count). The monoisotopic (exact) mass is 432 g/mol. The highest BCUT2D eigenvalue weighted by molar-refractivity contribution is 6.07. The zero-order chi connectivity index (χ0) is 22.6. The van der Waals surface area contributed by atoms with Crippen molar-refractivity contribution in [3.63, 3.8) is 0 Å². The van der Waals surface area contributed by atoms with Crippen molar-refractivity contribution >= 4 is 17.7 Å². The highest BCUT2D eigenvalue weighted by Gasteiger charge is 2.16. The molecule has 0 bridgehead atoms. The van der Waals surface area contributed by atoms with Gasteiger partial charge in [-0.1, -0.05) is 54.1 Å². The molecule has 1 aromatic heterocycles. The van der Waals surface area contributed by atoms with Crippen molar-refractivity contribution in [2.45, 2.75) is 13.3 Å². The molecule has 0 saturated carbocycles. The summed E-state index contributed by atoms with van der Waals surface area (Å²) in [5.74, 6) is 0.691. The number of nitrogens with zero attached hydrogens (tertiary/aromatic N) is 1. The Balaban J connectivity index is 1.36. The molecule has 0 aliphatic carbocycles. The average Bonchev–Trinajstić information content (AvgIpc) is 3.08. The number of aromatic nitrogens is 1. The van der Waals surface area contributed by atoms with Gasteiger partial charge >= 0.3 is 0 Å². The van der Waals surface area contributed by atoms with Crippen molar-refractivity contribution in [2.24, 2.45) is 0 Å². The SMILES string of the molecule is Cc1ccc(-c2ccc3c(c2)C=C(C(=O)Nc2ccc(-c4cccnc4)cc2)CCO3)cc1. The largest absolute Gasteiger partial charge is 0.493 e. The average molecular weight is 433 g/mol. The van der Waals surface area contributed by atoms with Crippen LogP contribution < -0.4 is 10.1 Å². The normalized spacial score (nSPS) is 12.7. The maximum atomic E-state index is 13.0. The summed E-state index contributed by atoms with van der Waals surface area (Å²) in [6.45, 7) is 2.55. The van der Waals surface area contributed by atoms with Gasteiger partial charge < -0.3 is 10.1 Å². The lowest BCUT2D eigenvalue weighted by atomic mass is 10.00. The molecule has 2 heterocycles. The van der Waals surface area contributed by atoms with Gasteiger partial charge in [0.25, 0.3) is 5.91 Å². The van der Waals surface area contributed by atoms with Crippen LogP contribution in [0.25, 0.3) is 28.3 Å². The molecule has 1 aliphatic heterocycles. The summed E-state index contributed by atoms with van der Waals surface area (Å²) in [6, 6.07) is 26.3. The van der Waals surface area contributed by atoms with Crippen molar-refractivity contribution in [3.05, 3.63) is 108 Å². The molecule has 0 unspecified atom stereocenters. The van der Waals surface area contributed by atoms with E-state index in [9.17, 15) is 4.79 Å². The predicted molar refractivity (Wildman–Crippen MR) is 133 cm³/mol. The number of nitrogens with one attached hydrogen (secondary N) is 1. The van der Waals surface area contributed by atoms with Gasteiger partial charge in [0.05, 0.1) is 6.61 Å². The number of pyridine rings is 1. The molecule has 4 nitrogen and oxygen atoms in total. The van der Waals surface area contributed by atoms with E-state index in [0.29, 0.717) is 18.6 Å². The summed E-state index contributed by atoms with van der Waals surface area (Å²) in [5.41, 5.74) is 7.94. The second kappa shape index (κ2) is 9.13. The van der Waals surface area contributed by atoms with Crippen LogP contribution in [0.1, 0.15) is 17.5 Å². The van der Waals surface area contributed by atoms with Crippen LogP contribution in [0.5, 0.6) is 5.75 Å². The Hall–Kier alpha value is -4.18. The second-order valence-electron chi connectivity index (χ2n) is 8.16. The number of hydrogen-bond donors (Lipinski definition) is 1. The maximum Gasteiger partial charge on any atom is 0.251 e. The van der Waals surface area contributed by atoms with Crippen LogP contribution in [0.4, 0.5) is 5.69 Å². The number of carbonyl (C=O) groups is 1. The summed E-state index contributed by atoms with van der Waals surface area (Å²) in [5, 5.41) is 3.02. The third-order valence-electron chi connectivity index (χ3n) is 5.78. The van der Waals surface area contributed by atoms with E-state index in [-0.39, 0.29) is 5.91 Å². The molecule has 0 atom stereocenters. The minimum atomic E-state index is -0.110. The Morgan fingerprint density at radius 1 is 0.879 bits per heavy atom. The standard InChI is InChI=1S/C29H24N2O2/c1-20-4-6-21(7-5-20)23-10-13-28-26(17-23)18-24(14-16-33-28)29(32)31-27-11-8-22(9-12-27)25-3-2-15-30-19-25/h2-13,15,17-19H,14,16H2,1H3,(H,31,32). The second-order valence-corrected chi connectivity index (χ2v) is 8.16. The first-order chi connectivity index (χ1) is 16.2. The van der Waals surface area contributed by atoms with E-state index >= 15 is 0 Å². The first-order valence-corrected chi connectivity index (χ1v) is 11.0. The molecule has 0 radical (unpaired) electrons. The lowest BCUT2D eigenvalue weighted by Crippen LogP contribution is -2.15. The number of rotatable bonds is 4. The number of aryl methyl sites for hydroxylation is 1. The summed E-state index contributed by atoms with van der Waals surface area (Å²) in [4.78, 5) is 17.2. The fraction of sp³-hybridized carbons (Fsp3) is 0.103. The van der Waals surface area contributed by atoms with E-state index in [1.807, 2.05) is 54.7 Å². The molecule has 0 fully saturated rings. The molecule has 1 N–H and O–H groups in total. The summed E-state index contributed by atoms with van der Waals surface area (Å²) in [7, 11) is 0. The number of anilines is 1. The van der Waals surface area contributed by atoms with Gasteiger partial charge in [-0.15, -0.1) is 0 Å². The van der Waals surface area contributed by atoms with E-state index in [1.165, 1.54) is 5.56 Å². The number of carbonyl (C=O) groups excluding carboxylic acids is 1. The minimum absolute atomic E-state index is 0.110. The first-order valence-electron chi connectivity index (χ1n) is 11.0. The molecule has 1 amide bonds. The van der Waals surface area contributed by atoms with Crippen molar-refractivity contribution in [1.82, 2.24) is 4.98 Å². The summed E-state index contributed by atoms with van der Waals surface area (Å²) >= 11 is 0. The van der Waals surface area contributed by atoms with Crippen LogP contribution >= 0.6 is 0 Å². The molecule has 0 spiro atoms. The van der Waals surface area contributed by atoms with Crippen LogP contribution in [0.15, 0.2) is 96.8 Å². The first kappa shape index (κ1) is 20.7. The topological polar surface area (TPSA) is 51.2 Å². The van der Waals surface area contributed by atoms with Gasteiger partial charge in [0.15, 0.2) is 0 Å². The Morgan fingerprint density at radius 2 is 1.61 bits per heavy atom. The molecule has 4 aromatic rings. The summed E-state index contributed by atoms with van der Waals surface area (Å²) < 4.78 is 5.92. The number of hydrogen-bond acceptors (Lipinski definition) is 3. The fourth-order valence-electron chi connectivity index (χ4n) is 3.92. The maximum absolute atomic E-state index is 13.0. The number of benzene rings is 3. The van der Waals surface area contributed by atoms with Crippen LogP contribution in [-0.4, -0.2) is 17.5 Å². The van der Waals surface area contributed by atoms with E-state index in [2.05, 4.69) is 53.6 Å². The van der Waals surface area contributed by atoms with Crippen molar-refractivity contribution in [1.29, 1.82) is 0 Å². The van der Waals surface area contributed by atoms with Crippen molar-refractivity contribution in [3.8, 4) is 28.0 Å². The van der Waals surface area contributed by atoms with Gasteiger partial charge in [-0.3, -0.25) is 9.78 Å². The van der Waals surface area contributed by atoms with E-state index in [0.717, 1.165) is 39.3 Å². The lowest BCUT2D eigenvalue weighted by molar-refractivity contribution is -0.113. The quantitative estimate of drug-likeness (QED) is 0.399. The third-order valence-corrected chi connectivity index (χ3v) is 5.78. The zero-order valence-electron chi connectivity index (χ0n) is 18.4. The summed E-state index contributed by atoms with van der Waals surface area (Å²) in [6.07, 6.45) is 6.07. The van der Waals surface area contributed by atoms with Crippen LogP contribution in [0, 0.1) is 6.92 Å². The molecule has 162 valence electrons. The van der Waals surface area contributed by atoms with Crippen LogP contribution in [0.2, 0.25) is 0 Å².